The molecular weight excluding hydrogens is 675 g/mol. The van der Waals surface area contributed by atoms with Gasteiger partial charge in [-0.05, 0) is 49.2 Å². The molecule has 0 aliphatic carbocycles. The average Bonchev–Trinajstić information content (AvgIpc) is 3.78. The van der Waals surface area contributed by atoms with E-state index >= 15 is 0 Å². The zero-order valence-corrected chi connectivity index (χ0v) is 27.7. The highest BCUT2D eigenvalue weighted by Crippen LogP contribution is 2.35. The third kappa shape index (κ3) is 5.44. The van der Waals surface area contributed by atoms with Gasteiger partial charge in [0.1, 0.15) is 35.0 Å². The van der Waals surface area contributed by atoms with Crippen LogP contribution in [0.25, 0.3) is 39.0 Å². The normalized spacial score (nSPS) is 19.6. The molecule has 2 aliphatic rings. The number of carbonyl (C=O) groups excluding carboxylic acids is 1. The Morgan fingerprint density at radius 2 is 1.84 bits per heavy atom. The summed E-state index contributed by atoms with van der Waals surface area (Å²) in [6.45, 7) is 2.65. The van der Waals surface area contributed by atoms with Crippen molar-refractivity contribution in [2.24, 2.45) is 0 Å². The molecule has 256 valence electrons. The van der Waals surface area contributed by atoms with Crippen LogP contribution in [0.5, 0.6) is 0 Å². The number of anilines is 2. The summed E-state index contributed by atoms with van der Waals surface area (Å²) in [5.74, 6) is -1.00. The average molecular weight is 704 g/mol. The summed E-state index contributed by atoms with van der Waals surface area (Å²) in [7, 11) is 3.28. The van der Waals surface area contributed by atoms with Gasteiger partial charge in [0, 0.05) is 57.2 Å². The number of hydrogen-bond acceptors (Lipinski definition) is 10. The van der Waals surface area contributed by atoms with Crippen LogP contribution in [0.15, 0.2) is 48.8 Å². The van der Waals surface area contributed by atoms with Crippen LogP contribution in [0.2, 0.25) is 5.28 Å². The number of fused-ring (bicyclic) bond motifs is 6. The van der Waals surface area contributed by atoms with Gasteiger partial charge in [-0.25, -0.2) is 32.8 Å². The number of methoxy groups -OCH3 is 1. The van der Waals surface area contributed by atoms with E-state index in [4.69, 9.17) is 21.3 Å². The van der Waals surface area contributed by atoms with Gasteiger partial charge in [0.25, 0.3) is 0 Å². The predicted molar refractivity (Wildman–Crippen MR) is 179 cm³/mol. The number of rotatable bonds is 3. The van der Waals surface area contributed by atoms with Crippen LogP contribution < -0.4 is 10.2 Å². The second-order valence-corrected chi connectivity index (χ2v) is 12.7. The molecule has 1 fully saturated rings. The number of imidazole rings is 1. The monoisotopic (exact) mass is 703 g/mol. The minimum absolute atomic E-state index is 0.0358. The van der Waals surface area contributed by atoms with E-state index in [1.807, 2.05) is 16.4 Å². The molecule has 0 spiro atoms. The Balaban J connectivity index is 1.24. The highest BCUT2D eigenvalue weighted by molar-refractivity contribution is 6.28. The van der Waals surface area contributed by atoms with Gasteiger partial charge in [-0.3, -0.25) is 4.79 Å². The van der Waals surface area contributed by atoms with E-state index in [1.165, 1.54) is 29.1 Å². The van der Waals surface area contributed by atoms with E-state index in [0.29, 0.717) is 52.3 Å². The van der Waals surface area contributed by atoms with Gasteiger partial charge in [-0.1, -0.05) is 0 Å². The molecule has 13 nitrogen and oxygen atoms in total. The summed E-state index contributed by atoms with van der Waals surface area (Å²) in [5, 5.41) is 7.94. The number of carbonyl (C=O) groups is 1. The summed E-state index contributed by atoms with van der Waals surface area (Å²) < 4.78 is 52.6. The van der Waals surface area contributed by atoms with E-state index in [0.717, 1.165) is 12.1 Å². The van der Waals surface area contributed by atoms with E-state index in [2.05, 4.69) is 30.4 Å². The third-order valence-electron chi connectivity index (χ3n) is 9.21. The molecule has 2 aliphatic heterocycles. The molecule has 6 aromatic rings. The SMILES string of the molecule is COC1CN(C)C(=O)C2CC(CN2c2nc(Cl)nc3c2cnn3-c2ccc(F)cc2F)Nc2nccc(n2)-c2cc(F)cc3nc(C)n(c23)C1. The Morgan fingerprint density at radius 3 is 2.64 bits per heavy atom. The van der Waals surface area contributed by atoms with Crippen LogP contribution in [0.1, 0.15) is 12.2 Å². The lowest BCUT2D eigenvalue weighted by Crippen LogP contribution is -2.47. The molecule has 1 saturated heterocycles. The molecule has 3 atom stereocenters. The number of nitrogens with zero attached hydrogens (tertiary/aromatic N) is 10. The van der Waals surface area contributed by atoms with Crippen LogP contribution in [-0.2, 0) is 16.1 Å². The van der Waals surface area contributed by atoms with Crippen LogP contribution in [-0.4, -0.2) is 95.5 Å². The third-order valence-corrected chi connectivity index (χ3v) is 9.38. The lowest BCUT2D eigenvalue weighted by Gasteiger charge is -2.31. The fraction of sp³-hybridized carbons (Fsp3) is 0.303. The summed E-state index contributed by atoms with van der Waals surface area (Å²) in [6, 6.07) is 6.55. The van der Waals surface area contributed by atoms with Crippen LogP contribution in [0, 0.1) is 24.4 Å². The zero-order valence-electron chi connectivity index (χ0n) is 27.0. The van der Waals surface area contributed by atoms with Crippen LogP contribution in [0.3, 0.4) is 0 Å². The number of benzene rings is 2. The molecule has 17 heteroatoms. The van der Waals surface area contributed by atoms with E-state index < -0.39 is 29.6 Å². The second-order valence-electron chi connectivity index (χ2n) is 12.4. The summed E-state index contributed by atoms with van der Waals surface area (Å²) >= 11 is 6.45. The molecule has 1 N–H and O–H groups in total. The minimum atomic E-state index is -0.841. The molecule has 4 aromatic heterocycles. The fourth-order valence-corrected chi connectivity index (χ4v) is 7.07. The quantitative estimate of drug-likeness (QED) is 0.262. The first-order valence-corrected chi connectivity index (χ1v) is 16.1. The largest absolute Gasteiger partial charge is 0.378 e. The van der Waals surface area contributed by atoms with Gasteiger partial charge in [-0.2, -0.15) is 15.1 Å². The maximum atomic E-state index is 14.9. The van der Waals surface area contributed by atoms with Gasteiger partial charge in [0.2, 0.25) is 17.1 Å². The van der Waals surface area contributed by atoms with Gasteiger partial charge in [-0.15, -0.1) is 0 Å². The van der Waals surface area contributed by atoms with Crippen molar-refractivity contribution in [1.29, 1.82) is 0 Å². The minimum Gasteiger partial charge on any atom is -0.378 e. The molecule has 8 rings (SSSR count). The van der Waals surface area contributed by atoms with E-state index in [-0.39, 0.29) is 47.6 Å². The maximum absolute atomic E-state index is 14.9. The van der Waals surface area contributed by atoms with Crippen molar-refractivity contribution in [2.75, 3.05) is 37.5 Å². The number of hydrogen-bond donors (Lipinski definition) is 1. The standard InChI is InChI=1S/C33H29ClF3N11O2/c1-16-40-25-10-18(36)8-21-24-6-7-38-33(42-24)41-19-11-27(31(49)45(2)14-20(50-3)15-46(16)28(21)25)47(13-19)29-22-12-39-48(30(22)44-32(34)43-29)26-5-4-17(35)9-23(26)37/h4-10,12,19-20,27H,11,13-15H2,1-3H3,(H,38,41,42). The lowest BCUT2D eigenvalue weighted by atomic mass is 10.1. The first kappa shape index (κ1) is 31.9. The Labute approximate surface area is 287 Å². The van der Waals surface area contributed by atoms with Gasteiger partial charge in [0.15, 0.2) is 11.5 Å². The molecule has 4 bridgehead atoms. The van der Waals surface area contributed by atoms with Gasteiger partial charge < -0.3 is 24.4 Å². The molecule has 50 heavy (non-hydrogen) atoms. The molecule has 6 heterocycles. The Morgan fingerprint density at radius 1 is 1.00 bits per heavy atom. The smallest absolute Gasteiger partial charge is 0.245 e. The van der Waals surface area contributed by atoms with Crippen molar-refractivity contribution in [2.45, 2.75) is 38.1 Å². The Bertz CT molecular complexity index is 2310. The number of likely N-dealkylation sites (N-methyl/N-ethyl adjacent to an activating group) is 1. The summed E-state index contributed by atoms with van der Waals surface area (Å²) in [6.07, 6.45) is 2.91. The van der Waals surface area contributed by atoms with Crippen molar-refractivity contribution in [3.8, 4) is 16.9 Å². The zero-order chi connectivity index (χ0) is 34.8. The summed E-state index contributed by atoms with van der Waals surface area (Å²) in [4.78, 5) is 40.4. The Kier molecular flexibility index (Phi) is 7.79. The number of nitrogens with one attached hydrogen (secondary N) is 1. The number of halogens is 4. The van der Waals surface area contributed by atoms with Crippen LogP contribution >= 0.6 is 11.6 Å². The van der Waals surface area contributed by atoms with Crippen LogP contribution in [0.4, 0.5) is 24.9 Å². The van der Waals surface area contributed by atoms with E-state index in [9.17, 15) is 18.0 Å². The molecule has 3 unspecified atom stereocenters. The molecule has 0 saturated carbocycles. The maximum Gasteiger partial charge on any atom is 0.245 e. The predicted octanol–water partition coefficient (Wildman–Crippen LogP) is 4.55. The highest BCUT2D eigenvalue weighted by atomic mass is 35.5. The molecule has 2 aromatic carbocycles. The van der Waals surface area contributed by atoms with Crippen molar-refractivity contribution in [3.05, 3.63) is 77.4 Å². The summed E-state index contributed by atoms with van der Waals surface area (Å²) in [5.41, 5.74) is 2.33. The lowest BCUT2D eigenvalue weighted by molar-refractivity contribution is -0.132. The molecule has 0 radical (unpaired) electrons. The first-order chi connectivity index (χ1) is 24.1. The first-order valence-electron chi connectivity index (χ1n) is 15.8. The van der Waals surface area contributed by atoms with Gasteiger partial charge in [0.05, 0.1) is 41.0 Å². The molecule has 1 amide bonds. The highest BCUT2D eigenvalue weighted by Gasteiger charge is 2.41. The van der Waals surface area contributed by atoms with E-state index in [1.54, 1.807) is 31.3 Å². The number of ether oxygens (including phenoxy) is 1. The number of aryl methyl sites for hydroxylation is 1. The van der Waals surface area contributed by atoms with Crippen molar-refractivity contribution >= 4 is 51.3 Å². The van der Waals surface area contributed by atoms with Gasteiger partial charge >= 0.3 is 0 Å². The molecular formula is C33H29ClF3N11O2. The second kappa shape index (κ2) is 12.2. The van der Waals surface area contributed by atoms with Crippen molar-refractivity contribution in [1.82, 2.24) is 44.2 Å². The van der Waals surface area contributed by atoms with Crippen molar-refractivity contribution < 1.29 is 22.7 Å². The van der Waals surface area contributed by atoms with Crippen molar-refractivity contribution in [3.63, 3.8) is 0 Å². The fourth-order valence-electron chi connectivity index (χ4n) is 6.91. The number of amides is 1. The number of aromatic nitrogens is 8. The topological polar surface area (TPSA) is 132 Å². The Hall–Kier alpha value is -5.35.